The molecule has 0 radical (unpaired) electrons. The van der Waals surface area contributed by atoms with Gasteiger partial charge in [0.05, 0.1) is 11.2 Å². The molecule has 0 aromatic heterocycles. The normalized spacial score (nSPS) is 22.6. The van der Waals surface area contributed by atoms with Crippen LogP contribution in [0.1, 0.15) is 76.2 Å². The predicted octanol–water partition coefficient (Wildman–Crippen LogP) is 3.92. The largest absolute Gasteiger partial charge is 0.390 e. The first kappa shape index (κ1) is 28.8. The van der Waals surface area contributed by atoms with Crippen molar-refractivity contribution >= 4 is 6.03 Å². The number of unbranched alkanes of at least 4 members (excludes halogenated alkanes) is 1. The zero-order valence-corrected chi connectivity index (χ0v) is 22.1. The lowest BCUT2D eigenvalue weighted by atomic mass is 9.74. The molecule has 0 bridgehead atoms. The fourth-order valence-corrected chi connectivity index (χ4v) is 6.01. The molecule has 0 spiro atoms. The number of aliphatic hydroxyl groups is 2. The molecule has 1 aliphatic heterocycles. The molecule has 2 amide bonds. The van der Waals surface area contributed by atoms with Gasteiger partial charge in [0.25, 0.3) is 0 Å². The van der Waals surface area contributed by atoms with Gasteiger partial charge in [0.15, 0.2) is 0 Å². The summed E-state index contributed by atoms with van der Waals surface area (Å²) < 4.78 is 19.2. The smallest absolute Gasteiger partial charge is 0.317 e. The fourth-order valence-electron chi connectivity index (χ4n) is 6.01. The lowest BCUT2D eigenvalue weighted by Gasteiger charge is -2.43. The Morgan fingerprint density at radius 2 is 2.06 bits per heavy atom. The van der Waals surface area contributed by atoms with Crippen LogP contribution in [0.5, 0.6) is 0 Å². The fraction of sp³-hybridized carbons (Fsp3) is 0.750. The molecule has 1 heterocycles. The van der Waals surface area contributed by atoms with Crippen molar-refractivity contribution in [2.45, 2.75) is 87.9 Å². The third-order valence-corrected chi connectivity index (χ3v) is 8.18. The molecule has 3 rings (SSSR count). The first-order chi connectivity index (χ1) is 17.3. The second-order valence-electron chi connectivity index (χ2n) is 10.8. The lowest BCUT2D eigenvalue weighted by molar-refractivity contribution is -0.0565. The highest BCUT2D eigenvalue weighted by Gasteiger charge is 2.41. The van der Waals surface area contributed by atoms with Crippen LogP contribution in [0.15, 0.2) is 24.3 Å². The Bertz CT molecular complexity index is 820. The average molecular weight is 508 g/mol. The number of urea groups is 1. The van der Waals surface area contributed by atoms with Crippen LogP contribution in [-0.2, 0) is 10.3 Å². The second kappa shape index (κ2) is 13.7. The number of piperidine rings is 1. The number of benzene rings is 1. The maximum atomic E-state index is 14.1. The zero-order chi connectivity index (χ0) is 26.0. The van der Waals surface area contributed by atoms with E-state index in [9.17, 15) is 19.4 Å². The molecule has 8 heteroatoms. The molecular formula is C28H46FN3O4. The number of hydrogen-bond acceptors (Lipinski definition) is 5. The van der Waals surface area contributed by atoms with Gasteiger partial charge in [0.2, 0.25) is 0 Å². The minimum Gasteiger partial charge on any atom is -0.390 e. The summed E-state index contributed by atoms with van der Waals surface area (Å²) in [7, 11) is 3.52. The van der Waals surface area contributed by atoms with Crippen molar-refractivity contribution in [1.29, 1.82) is 0 Å². The zero-order valence-electron chi connectivity index (χ0n) is 22.1. The van der Waals surface area contributed by atoms with Gasteiger partial charge in [0.1, 0.15) is 5.82 Å². The van der Waals surface area contributed by atoms with Gasteiger partial charge in [-0.2, -0.15) is 0 Å². The summed E-state index contributed by atoms with van der Waals surface area (Å²) >= 11 is 0. The van der Waals surface area contributed by atoms with Crippen LogP contribution in [-0.4, -0.2) is 73.2 Å². The van der Waals surface area contributed by atoms with Gasteiger partial charge in [-0.15, -0.1) is 0 Å². The number of carbonyl (C=O) groups excluding carboxylic acids is 1. The highest BCUT2D eigenvalue weighted by Crippen LogP contribution is 2.40. The Kier molecular flexibility index (Phi) is 11.0. The van der Waals surface area contributed by atoms with Crippen molar-refractivity contribution in [2.24, 2.45) is 5.92 Å². The molecular weight excluding hydrogens is 461 g/mol. The lowest BCUT2D eigenvalue weighted by Crippen LogP contribution is -2.53. The Balaban J connectivity index is 1.62. The molecule has 2 fully saturated rings. The third-order valence-electron chi connectivity index (χ3n) is 8.18. The van der Waals surface area contributed by atoms with Gasteiger partial charge in [-0.25, -0.2) is 9.18 Å². The number of carbonyl (C=O) groups is 1. The van der Waals surface area contributed by atoms with Crippen LogP contribution < -0.4 is 10.6 Å². The number of nitrogens with zero attached hydrogens (tertiary/aromatic N) is 1. The Morgan fingerprint density at radius 3 is 2.75 bits per heavy atom. The average Bonchev–Trinajstić information content (AvgIpc) is 2.89. The maximum Gasteiger partial charge on any atom is 0.317 e. The molecule has 1 saturated heterocycles. The molecule has 0 unspecified atom stereocenters. The van der Waals surface area contributed by atoms with E-state index in [4.69, 9.17) is 4.74 Å². The number of nitrogens with one attached hydrogen (secondary N) is 2. The number of amides is 2. The number of likely N-dealkylation sites (tertiary alicyclic amines) is 1. The van der Waals surface area contributed by atoms with E-state index < -0.39 is 11.2 Å². The molecule has 1 aliphatic carbocycles. The van der Waals surface area contributed by atoms with Crippen molar-refractivity contribution in [3.05, 3.63) is 35.6 Å². The van der Waals surface area contributed by atoms with Crippen molar-refractivity contribution < 1.29 is 24.1 Å². The second-order valence-corrected chi connectivity index (χ2v) is 10.8. The Morgan fingerprint density at radius 1 is 1.28 bits per heavy atom. The summed E-state index contributed by atoms with van der Waals surface area (Å²) in [6, 6.07) is 6.06. The highest BCUT2D eigenvalue weighted by atomic mass is 19.1. The molecule has 1 saturated carbocycles. The van der Waals surface area contributed by atoms with Gasteiger partial charge in [-0.1, -0.05) is 31.4 Å². The van der Waals surface area contributed by atoms with Gasteiger partial charge in [-0.3, -0.25) is 0 Å². The molecule has 3 atom stereocenters. The first-order valence-corrected chi connectivity index (χ1v) is 13.7. The summed E-state index contributed by atoms with van der Waals surface area (Å²) in [5.41, 5.74) is -1.30. The van der Waals surface area contributed by atoms with E-state index in [1.807, 2.05) is 7.05 Å². The summed E-state index contributed by atoms with van der Waals surface area (Å²) in [6.07, 6.45) is 9.12. The molecule has 1 aromatic rings. The van der Waals surface area contributed by atoms with Crippen molar-refractivity contribution in [3.8, 4) is 0 Å². The minimum atomic E-state index is -1.22. The molecule has 7 nitrogen and oxygen atoms in total. The molecule has 2 aliphatic rings. The molecule has 1 aromatic carbocycles. The van der Waals surface area contributed by atoms with E-state index in [2.05, 4.69) is 10.6 Å². The summed E-state index contributed by atoms with van der Waals surface area (Å²) in [5, 5.41) is 29.1. The molecule has 36 heavy (non-hydrogen) atoms. The number of likely N-dealkylation sites (N-methyl/N-ethyl adjacent to an activating group) is 1. The number of methoxy groups -OCH3 is 1. The minimum absolute atomic E-state index is 0.0114. The number of hydrogen-bond donors (Lipinski definition) is 4. The topological polar surface area (TPSA) is 94.1 Å². The summed E-state index contributed by atoms with van der Waals surface area (Å²) in [4.78, 5) is 14.9. The molecule has 4 N–H and O–H groups in total. The van der Waals surface area contributed by atoms with E-state index in [-0.39, 0.29) is 23.8 Å². The summed E-state index contributed by atoms with van der Waals surface area (Å²) in [6.45, 7) is 2.08. The SMILES string of the molecule is CN[C@@H](CNC(=O)N1CCC[C@@H]([C@@](O)(CCCCOC)c2cccc(F)c2)C1)CC1(O)CCCCC1. The van der Waals surface area contributed by atoms with Gasteiger partial charge in [-0.05, 0) is 76.1 Å². The van der Waals surface area contributed by atoms with E-state index in [0.29, 0.717) is 44.6 Å². The van der Waals surface area contributed by atoms with E-state index in [0.717, 1.165) is 51.4 Å². The van der Waals surface area contributed by atoms with Crippen LogP contribution in [0.4, 0.5) is 9.18 Å². The molecule has 204 valence electrons. The number of rotatable bonds is 12. The third kappa shape index (κ3) is 7.88. The van der Waals surface area contributed by atoms with Crippen molar-refractivity contribution in [2.75, 3.05) is 40.4 Å². The van der Waals surface area contributed by atoms with Gasteiger partial charge in [0, 0.05) is 45.3 Å². The quantitative estimate of drug-likeness (QED) is 0.322. The van der Waals surface area contributed by atoms with Crippen LogP contribution >= 0.6 is 0 Å². The Labute approximate surface area is 215 Å². The standard InChI is InChI=1S/C28H46FN3O4/c1-30-25(19-27(34)13-4-3-5-14-27)20-31-26(33)32-16-9-11-23(21-32)28(35,15-6-7-17-36-2)22-10-8-12-24(29)18-22/h8,10,12,18,23,25,30,34-35H,3-7,9,11,13-17,19-21H2,1-2H3,(H,31,33)/t23-,25-,28-/m1/s1. The predicted molar refractivity (Wildman–Crippen MR) is 139 cm³/mol. The van der Waals surface area contributed by atoms with Crippen LogP contribution in [0.25, 0.3) is 0 Å². The van der Waals surface area contributed by atoms with Crippen molar-refractivity contribution in [1.82, 2.24) is 15.5 Å². The Hall–Kier alpha value is -1.74. The van der Waals surface area contributed by atoms with Gasteiger partial charge >= 0.3 is 6.03 Å². The van der Waals surface area contributed by atoms with Crippen LogP contribution in [0, 0.1) is 11.7 Å². The maximum absolute atomic E-state index is 14.1. The first-order valence-electron chi connectivity index (χ1n) is 13.7. The van der Waals surface area contributed by atoms with E-state index in [1.54, 1.807) is 24.1 Å². The summed E-state index contributed by atoms with van der Waals surface area (Å²) in [5.74, 6) is -0.560. The van der Waals surface area contributed by atoms with Crippen molar-refractivity contribution in [3.63, 3.8) is 0 Å². The highest BCUT2D eigenvalue weighted by molar-refractivity contribution is 5.74. The van der Waals surface area contributed by atoms with Gasteiger partial charge < -0.3 is 30.5 Å². The van der Waals surface area contributed by atoms with E-state index in [1.165, 1.54) is 18.6 Å². The monoisotopic (exact) mass is 507 g/mol. The van der Waals surface area contributed by atoms with Crippen LogP contribution in [0.2, 0.25) is 0 Å². The number of halogens is 1. The van der Waals surface area contributed by atoms with Crippen LogP contribution in [0.3, 0.4) is 0 Å². The van der Waals surface area contributed by atoms with E-state index >= 15 is 0 Å². The number of ether oxygens (including phenoxy) is 1.